The number of amides is 3. The van der Waals surface area contributed by atoms with Gasteiger partial charge < -0.3 is 20.7 Å². The summed E-state index contributed by atoms with van der Waals surface area (Å²) >= 11 is 0. The number of anilines is 1. The zero-order chi connectivity index (χ0) is 32.9. The van der Waals surface area contributed by atoms with Crippen molar-refractivity contribution in [2.45, 2.75) is 38.5 Å². The van der Waals surface area contributed by atoms with Crippen LogP contribution in [0.5, 0.6) is 5.75 Å². The Balaban J connectivity index is 1.25. The fraction of sp³-hybridized carbons (Fsp3) is 0.250. The number of benzene rings is 1. The van der Waals surface area contributed by atoms with Crippen molar-refractivity contribution in [3.05, 3.63) is 66.1 Å². The first-order valence-electron chi connectivity index (χ1n) is 13.5. The van der Waals surface area contributed by atoms with Crippen molar-refractivity contribution in [3.8, 4) is 17.0 Å². The molecule has 2 atom stereocenters. The minimum Gasteiger partial charge on any atom is -0.403 e. The predicted molar refractivity (Wildman–Crippen MR) is 149 cm³/mol. The Morgan fingerprint density at radius 3 is 2.65 bits per heavy atom. The van der Waals surface area contributed by atoms with Gasteiger partial charge in [0.2, 0.25) is 11.8 Å². The van der Waals surface area contributed by atoms with Crippen molar-refractivity contribution in [1.29, 1.82) is 0 Å². The average molecular weight is 644 g/mol. The van der Waals surface area contributed by atoms with E-state index in [9.17, 15) is 36.3 Å². The summed E-state index contributed by atoms with van der Waals surface area (Å²) in [6.45, 7) is 0.752. The van der Waals surface area contributed by atoms with E-state index in [2.05, 4.69) is 30.2 Å². The van der Waals surface area contributed by atoms with Crippen molar-refractivity contribution in [2.75, 3.05) is 11.9 Å². The number of halogens is 5. The van der Waals surface area contributed by atoms with E-state index in [1.807, 2.05) is 6.92 Å². The molecule has 0 aliphatic carbocycles. The van der Waals surface area contributed by atoms with Gasteiger partial charge in [-0.1, -0.05) is 6.07 Å². The van der Waals surface area contributed by atoms with Gasteiger partial charge in [-0.2, -0.15) is 10.2 Å². The second-order valence-electron chi connectivity index (χ2n) is 10.4. The van der Waals surface area contributed by atoms with E-state index in [0.29, 0.717) is 23.0 Å². The third-order valence-corrected chi connectivity index (χ3v) is 7.21. The molecule has 238 valence electrons. The van der Waals surface area contributed by atoms with E-state index in [-0.39, 0.29) is 16.6 Å². The molecular formula is C28H22F5N9O4. The van der Waals surface area contributed by atoms with Gasteiger partial charge in [-0.05, 0) is 25.1 Å². The lowest BCUT2D eigenvalue weighted by atomic mass is 10.1. The Bertz CT molecular complexity index is 2030. The van der Waals surface area contributed by atoms with Gasteiger partial charge >= 0.3 is 6.36 Å². The number of nitrogens with zero attached hydrogens (tertiary/aromatic N) is 7. The van der Waals surface area contributed by atoms with Crippen LogP contribution in [0.4, 0.5) is 27.6 Å². The summed E-state index contributed by atoms with van der Waals surface area (Å²) in [4.78, 5) is 48.4. The number of ether oxygens (including phenoxy) is 1. The van der Waals surface area contributed by atoms with Crippen LogP contribution in [0, 0.1) is 12.7 Å². The lowest BCUT2D eigenvalue weighted by molar-refractivity contribution is -0.275. The summed E-state index contributed by atoms with van der Waals surface area (Å²) in [6.07, 6.45) is -2.65. The SMILES string of the molecule is Cc1cc2ncc(-c3cc4c(C(N)=O)nn(CC(=O)N5C[C@H](F)C[C@H]5C(=O)Nc5cccc(OC(F)(F)F)c5F)c4cn3)cn2n1. The number of pyridine rings is 1. The second-order valence-corrected chi connectivity index (χ2v) is 10.4. The topological polar surface area (TPSA) is 163 Å². The van der Waals surface area contributed by atoms with Gasteiger partial charge in [0.25, 0.3) is 5.91 Å². The molecule has 0 saturated carbocycles. The normalized spacial score (nSPS) is 16.7. The molecule has 18 heteroatoms. The number of aromatic nitrogens is 6. The highest BCUT2D eigenvalue weighted by molar-refractivity contribution is 6.05. The molecule has 3 amide bonds. The van der Waals surface area contributed by atoms with Crippen LogP contribution in [0.1, 0.15) is 22.6 Å². The number of aryl methyl sites for hydroxylation is 1. The number of nitrogens with two attached hydrogens (primary N) is 1. The van der Waals surface area contributed by atoms with Gasteiger partial charge in [-0.25, -0.2) is 18.3 Å². The van der Waals surface area contributed by atoms with Crippen molar-refractivity contribution in [2.24, 2.45) is 5.73 Å². The number of alkyl halides is 4. The van der Waals surface area contributed by atoms with E-state index in [1.165, 1.54) is 12.3 Å². The number of carbonyl (C=O) groups is 3. The molecule has 4 aromatic heterocycles. The average Bonchev–Trinajstić information content (AvgIpc) is 3.67. The summed E-state index contributed by atoms with van der Waals surface area (Å²) in [6, 6.07) is 4.60. The lowest BCUT2D eigenvalue weighted by Gasteiger charge is -2.24. The molecule has 3 N–H and O–H groups in total. The Morgan fingerprint density at radius 2 is 1.91 bits per heavy atom. The van der Waals surface area contributed by atoms with Crippen LogP contribution >= 0.6 is 0 Å². The molecule has 1 aromatic carbocycles. The number of carbonyl (C=O) groups excluding carboxylic acids is 3. The maximum Gasteiger partial charge on any atom is 0.573 e. The highest BCUT2D eigenvalue weighted by Crippen LogP contribution is 2.31. The molecule has 0 radical (unpaired) electrons. The minimum atomic E-state index is -5.19. The molecule has 0 spiro atoms. The van der Waals surface area contributed by atoms with E-state index in [4.69, 9.17) is 5.73 Å². The molecule has 0 bridgehead atoms. The highest BCUT2D eigenvalue weighted by Gasteiger charge is 2.40. The zero-order valence-corrected chi connectivity index (χ0v) is 23.6. The molecule has 5 aromatic rings. The number of fused-ring (bicyclic) bond motifs is 2. The predicted octanol–water partition coefficient (Wildman–Crippen LogP) is 3.16. The fourth-order valence-corrected chi connectivity index (χ4v) is 5.21. The van der Waals surface area contributed by atoms with Crippen LogP contribution in [0.15, 0.2) is 48.9 Å². The molecule has 1 fully saturated rings. The highest BCUT2D eigenvalue weighted by atomic mass is 19.4. The third-order valence-electron chi connectivity index (χ3n) is 7.21. The van der Waals surface area contributed by atoms with Crippen molar-refractivity contribution >= 4 is 40.0 Å². The molecule has 1 saturated heterocycles. The molecule has 1 aliphatic rings. The van der Waals surface area contributed by atoms with Gasteiger partial charge in [-0.3, -0.25) is 24.0 Å². The third kappa shape index (κ3) is 5.87. The van der Waals surface area contributed by atoms with Crippen LogP contribution in [0.3, 0.4) is 0 Å². The molecule has 1 aliphatic heterocycles. The standard InChI is InChI=1S/C28H22F5N9O4/c1-13-5-22-36-8-14(10-42(22)38-13)18-7-16-20(9-35-18)41(39-25(16)26(34)44)12-23(43)40-11-15(29)6-19(40)27(45)37-17-3-2-4-21(24(17)30)46-28(31,32)33/h2-5,7-10,15,19H,6,11-12H2,1H3,(H2,34,44)(H,37,45)/t15-,19+/m1/s1. The van der Waals surface area contributed by atoms with E-state index in [0.717, 1.165) is 27.4 Å². The summed E-state index contributed by atoms with van der Waals surface area (Å²) in [5, 5.41) is 10.9. The smallest absolute Gasteiger partial charge is 0.403 e. The van der Waals surface area contributed by atoms with Gasteiger partial charge in [0.15, 0.2) is 22.9 Å². The van der Waals surface area contributed by atoms with E-state index < -0.39 is 73.1 Å². The molecule has 13 nitrogen and oxygen atoms in total. The monoisotopic (exact) mass is 643 g/mol. The summed E-state index contributed by atoms with van der Waals surface area (Å²) in [7, 11) is 0. The van der Waals surface area contributed by atoms with E-state index in [1.54, 1.807) is 23.0 Å². The van der Waals surface area contributed by atoms with Crippen molar-refractivity contribution in [3.63, 3.8) is 0 Å². The number of rotatable bonds is 7. The molecule has 46 heavy (non-hydrogen) atoms. The number of primary amides is 1. The Morgan fingerprint density at radius 1 is 1.13 bits per heavy atom. The first-order chi connectivity index (χ1) is 21.8. The van der Waals surface area contributed by atoms with E-state index >= 15 is 0 Å². The lowest BCUT2D eigenvalue weighted by Crippen LogP contribution is -2.44. The molecule has 5 heterocycles. The summed E-state index contributed by atoms with van der Waals surface area (Å²) in [5.41, 5.74) is 7.28. The number of hydrogen-bond acceptors (Lipinski definition) is 8. The number of nitrogens with one attached hydrogen (secondary N) is 1. The van der Waals surface area contributed by atoms with Gasteiger partial charge in [-0.15, -0.1) is 13.2 Å². The minimum absolute atomic E-state index is 0.175. The fourth-order valence-electron chi connectivity index (χ4n) is 5.21. The maximum absolute atomic E-state index is 14.6. The number of hydrogen-bond donors (Lipinski definition) is 2. The number of likely N-dealkylation sites (tertiary alicyclic amines) is 1. The summed E-state index contributed by atoms with van der Waals surface area (Å²) in [5.74, 6) is -5.42. The second kappa shape index (κ2) is 11.4. The molecular weight excluding hydrogens is 621 g/mol. The Kier molecular flexibility index (Phi) is 7.49. The first kappa shape index (κ1) is 30.4. The van der Waals surface area contributed by atoms with Gasteiger partial charge in [0.05, 0.1) is 35.3 Å². The molecule has 6 rings (SSSR count). The largest absolute Gasteiger partial charge is 0.573 e. The zero-order valence-electron chi connectivity index (χ0n) is 23.6. The maximum atomic E-state index is 14.6. The van der Waals surface area contributed by atoms with Crippen LogP contribution in [0.2, 0.25) is 0 Å². The van der Waals surface area contributed by atoms with Crippen molar-refractivity contribution < 1.29 is 41.1 Å². The summed E-state index contributed by atoms with van der Waals surface area (Å²) < 4.78 is 73.3. The van der Waals surface area contributed by atoms with Gasteiger partial charge in [0.1, 0.15) is 18.8 Å². The van der Waals surface area contributed by atoms with Crippen molar-refractivity contribution in [1.82, 2.24) is 34.3 Å². The molecule has 0 unspecified atom stereocenters. The van der Waals surface area contributed by atoms with Crippen LogP contribution in [0.25, 0.3) is 27.8 Å². The Labute approximate surface area is 254 Å². The van der Waals surface area contributed by atoms with Crippen LogP contribution in [-0.4, -0.2) is 77.1 Å². The van der Waals surface area contributed by atoms with Crippen LogP contribution < -0.4 is 15.8 Å². The quantitative estimate of drug-likeness (QED) is 0.256. The Hall–Kier alpha value is -5.68. The van der Waals surface area contributed by atoms with Crippen LogP contribution in [-0.2, 0) is 16.1 Å². The van der Waals surface area contributed by atoms with Gasteiger partial charge in [0, 0.05) is 35.8 Å². The first-order valence-corrected chi connectivity index (χ1v) is 13.5.